The Kier molecular flexibility index (Phi) is 3.98. The molecule has 0 fully saturated rings. The van der Waals surface area contributed by atoms with Gasteiger partial charge in [0, 0.05) is 18.0 Å². The maximum absolute atomic E-state index is 5.42. The van der Waals surface area contributed by atoms with Crippen molar-refractivity contribution in [2.45, 2.75) is 0 Å². The van der Waals surface area contributed by atoms with Gasteiger partial charge in [0.15, 0.2) is 5.17 Å². The Hall–Kier alpha value is -1.36. The first kappa shape index (κ1) is 9.73. The molecule has 1 aromatic heterocycles. The fraction of sp³-hybridized carbons (Fsp3) is 0.125. The molecule has 0 aromatic carbocycles. The van der Waals surface area contributed by atoms with Gasteiger partial charge in [-0.1, -0.05) is 17.8 Å². The SMILES string of the molecule is CS/C(N)=N\N=C\c1cccnc1. The van der Waals surface area contributed by atoms with Crippen LogP contribution >= 0.6 is 11.8 Å². The van der Waals surface area contributed by atoms with Gasteiger partial charge in [-0.25, -0.2) is 0 Å². The van der Waals surface area contributed by atoms with Crippen molar-refractivity contribution < 1.29 is 0 Å². The zero-order chi connectivity index (χ0) is 9.52. The summed E-state index contributed by atoms with van der Waals surface area (Å²) < 4.78 is 0. The van der Waals surface area contributed by atoms with Crippen LogP contribution < -0.4 is 5.73 Å². The molecule has 0 atom stereocenters. The summed E-state index contributed by atoms with van der Waals surface area (Å²) >= 11 is 1.36. The van der Waals surface area contributed by atoms with E-state index in [-0.39, 0.29) is 0 Å². The van der Waals surface area contributed by atoms with Crippen molar-refractivity contribution in [1.82, 2.24) is 4.98 Å². The number of pyridine rings is 1. The van der Waals surface area contributed by atoms with Crippen LogP contribution in [0.15, 0.2) is 34.7 Å². The molecule has 0 aliphatic heterocycles. The molecule has 0 aliphatic rings. The number of rotatable bonds is 2. The molecule has 0 radical (unpaired) electrons. The summed E-state index contributed by atoms with van der Waals surface area (Å²) in [4.78, 5) is 3.93. The van der Waals surface area contributed by atoms with Gasteiger partial charge in [-0.2, -0.15) is 5.10 Å². The monoisotopic (exact) mass is 194 g/mol. The van der Waals surface area contributed by atoms with E-state index in [1.54, 1.807) is 18.6 Å². The normalized spacial score (nSPS) is 12.2. The molecule has 5 heteroatoms. The van der Waals surface area contributed by atoms with Gasteiger partial charge < -0.3 is 5.73 Å². The largest absolute Gasteiger partial charge is 0.377 e. The van der Waals surface area contributed by atoms with Crippen LogP contribution in [0.4, 0.5) is 0 Å². The molecule has 0 saturated carbocycles. The highest BCUT2D eigenvalue weighted by Gasteiger charge is 1.85. The molecule has 2 N–H and O–H groups in total. The summed E-state index contributed by atoms with van der Waals surface area (Å²) in [6.45, 7) is 0. The predicted octanol–water partition coefficient (Wildman–Crippen LogP) is 1.09. The summed E-state index contributed by atoms with van der Waals surface area (Å²) in [5, 5.41) is 7.97. The lowest BCUT2D eigenvalue weighted by atomic mass is 10.3. The minimum atomic E-state index is 0.445. The van der Waals surface area contributed by atoms with Crippen LogP contribution in [0.25, 0.3) is 0 Å². The van der Waals surface area contributed by atoms with E-state index in [2.05, 4.69) is 15.2 Å². The Morgan fingerprint density at radius 2 is 2.54 bits per heavy atom. The maximum atomic E-state index is 5.42. The lowest BCUT2D eigenvalue weighted by molar-refractivity contribution is 1.24. The van der Waals surface area contributed by atoms with Crippen LogP contribution in [-0.4, -0.2) is 22.6 Å². The van der Waals surface area contributed by atoms with Gasteiger partial charge in [-0.3, -0.25) is 4.98 Å². The number of hydrogen-bond donors (Lipinski definition) is 1. The van der Waals surface area contributed by atoms with Gasteiger partial charge in [0.1, 0.15) is 0 Å². The second kappa shape index (κ2) is 5.31. The maximum Gasteiger partial charge on any atom is 0.180 e. The third-order valence-electron chi connectivity index (χ3n) is 1.26. The third kappa shape index (κ3) is 3.71. The van der Waals surface area contributed by atoms with E-state index in [0.717, 1.165) is 5.56 Å². The van der Waals surface area contributed by atoms with E-state index >= 15 is 0 Å². The minimum absolute atomic E-state index is 0.445. The summed E-state index contributed by atoms with van der Waals surface area (Å²) in [5.41, 5.74) is 6.32. The Morgan fingerprint density at radius 1 is 1.69 bits per heavy atom. The highest BCUT2D eigenvalue weighted by atomic mass is 32.2. The Labute approximate surface area is 81.0 Å². The van der Waals surface area contributed by atoms with Crippen molar-refractivity contribution in [2.24, 2.45) is 15.9 Å². The highest BCUT2D eigenvalue weighted by Crippen LogP contribution is 1.93. The molecule has 0 bridgehead atoms. The number of aromatic nitrogens is 1. The molecule has 0 amide bonds. The number of thioether (sulfide) groups is 1. The molecular weight excluding hydrogens is 184 g/mol. The zero-order valence-electron chi connectivity index (χ0n) is 7.21. The summed E-state index contributed by atoms with van der Waals surface area (Å²) in [6, 6.07) is 3.73. The molecule has 0 unspecified atom stereocenters. The Bertz CT molecular complexity index is 307. The van der Waals surface area contributed by atoms with Gasteiger partial charge in [-0.15, -0.1) is 5.10 Å². The van der Waals surface area contributed by atoms with E-state index in [9.17, 15) is 0 Å². The predicted molar refractivity (Wildman–Crippen MR) is 57.0 cm³/mol. The van der Waals surface area contributed by atoms with Crippen molar-refractivity contribution in [3.63, 3.8) is 0 Å². The first-order chi connectivity index (χ1) is 6.33. The quantitative estimate of drug-likeness (QED) is 0.435. The van der Waals surface area contributed by atoms with E-state index in [1.807, 2.05) is 18.4 Å². The Balaban J connectivity index is 2.60. The second-order valence-electron chi connectivity index (χ2n) is 2.17. The first-order valence-electron chi connectivity index (χ1n) is 3.63. The number of amidine groups is 1. The van der Waals surface area contributed by atoms with E-state index in [0.29, 0.717) is 5.17 Å². The Morgan fingerprint density at radius 3 is 3.15 bits per heavy atom. The number of hydrogen-bond acceptors (Lipinski definition) is 4. The van der Waals surface area contributed by atoms with Crippen molar-refractivity contribution in [3.8, 4) is 0 Å². The van der Waals surface area contributed by atoms with Crippen LogP contribution in [0.1, 0.15) is 5.56 Å². The zero-order valence-corrected chi connectivity index (χ0v) is 8.03. The van der Waals surface area contributed by atoms with Crippen LogP contribution in [0.5, 0.6) is 0 Å². The molecule has 13 heavy (non-hydrogen) atoms. The topological polar surface area (TPSA) is 63.6 Å². The van der Waals surface area contributed by atoms with Crippen LogP contribution in [-0.2, 0) is 0 Å². The first-order valence-corrected chi connectivity index (χ1v) is 4.86. The van der Waals surface area contributed by atoms with Crippen LogP contribution in [0, 0.1) is 0 Å². The van der Waals surface area contributed by atoms with Gasteiger partial charge in [0.2, 0.25) is 0 Å². The lowest BCUT2D eigenvalue weighted by Crippen LogP contribution is -2.03. The molecule has 4 nitrogen and oxygen atoms in total. The highest BCUT2D eigenvalue weighted by molar-refractivity contribution is 8.13. The van der Waals surface area contributed by atoms with Crippen molar-refractivity contribution >= 4 is 23.1 Å². The smallest absolute Gasteiger partial charge is 0.180 e. The molecule has 68 valence electrons. The molecular formula is C8H10N4S. The van der Waals surface area contributed by atoms with Crippen molar-refractivity contribution in [1.29, 1.82) is 0 Å². The molecule has 1 rings (SSSR count). The van der Waals surface area contributed by atoms with E-state index in [4.69, 9.17) is 5.73 Å². The minimum Gasteiger partial charge on any atom is -0.377 e. The third-order valence-corrected chi connectivity index (χ3v) is 1.76. The van der Waals surface area contributed by atoms with Gasteiger partial charge in [0.25, 0.3) is 0 Å². The van der Waals surface area contributed by atoms with Gasteiger partial charge in [0.05, 0.1) is 6.21 Å². The van der Waals surface area contributed by atoms with Gasteiger partial charge in [-0.05, 0) is 12.3 Å². The fourth-order valence-electron chi connectivity index (χ4n) is 0.646. The van der Waals surface area contributed by atoms with Crippen molar-refractivity contribution in [2.75, 3.05) is 6.26 Å². The van der Waals surface area contributed by atoms with E-state index in [1.165, 1.54) is 11.8 Å². The van der Waals surface area contributed by atoms with Crippen molar-refractivity contribution in [3.05, 3.63) is 30.1 Å². The van der Waals surface area contributed by atoms with Gasteiger partial charge >= 0.3 is 0 Å². The number of nitrogens with zero attached hydrogens (tertiary/aromatic N) is 3. The molecule has 1 aromatic rings. The van der Waals surface area contributed by atoms with Crippen LogP contribution in [0.3, 0.4) is 0 Å². The fourth-order valence-corrected chi connectivity index (χ4v) is 0.774. The molecule has 0 aliphatic carbocycles. The average molecular weight is 194 g/mol. The average Bonchev–Trinajstić information content (AvgIpc) is 2.19. The summed E-state index contributed by atoms with van der Waals surface area (Å²) in [6.07, 6.45) is 6.86. The number of nitrogens with two attached hydrogens (primary N) is 1. The summed E-state index contributed by atoms with van der Waals surface area (Å²) in [5.74, 6) is 0. The second-order valence-corrected chi connectivity index (χ2v) is 3.00. The summed E-state index contributed by atoms with van der Waals surface area (Å²) in [7, 11) is 0. The molecule has 1 heterocycles. The molecule has 0 saturated heterocycles. The van der Waals surface area contributed by atoms with Crippen LogP contribution in [0.2, 0.25) is 0 Å². The molecule has 0 spiro atoms. The lowest BCUT2D eigenvalue weighted by Gasteiger charge is -1.89. The van der Waals surface area contributed by atoms with E-state index < -0.39 is 0 Å². The standard InChI is InChI=1S/C8H10N4S/c1-13-8(9)12-11-6-7-3-2-4-10-5-7/h2-6H,1H3,(H2,9,12)/b11-6+.